The number of hydrogen-bond acceptors (Lipinski definition) is 5. The molecule has 0 spiro atoms. The third kappa shape index (κ3) is 4.05. The number of carboxylic acid groups (broad SMARTS) is 1. The molecule has 15 heavy (non-hydrogen) atoms. The van der Waals surface area contributed by atoms with Gasteiger partial charge in [0.1, 0.15) is 6.04 Å². The maximum Gasteiger partial charge on any atom is 0.321 e. The molecular formula is C8H15N3O4. The number of carbonyl (C=O) groups excluding carboxylic acids is 2. The predicted molar refractivity (Wildman–Crippen MR) is 51.6 cm³/mol. The summed E-state index contributed by atoms with van der Waals surface area (Å²) < 4.78 is 0. The molecule has 0 aromatic carbocycles. The standard InChI is InChI=1S/C8H15N3O4/c1-3(9)7(13)4(2-5(10)12)6(11)8(14)15/h3-4,6H,2,9,11H2,1H3,(H2,10,12)(H,14,15)/t3-,4?,6-/m0/s1. The van der Waals surface area contributed by atoms with Crippen molar-refractivity contribution in [2.24, 2.45) is 23.1 Å². The molecule has 0 bridgehead atoms. The van der Waals surface area contributed by atoms with Crippen molar-refractivity contribution in [2.75, 3.05) is 0 Å². The summed E-state index contributed by atoms with van der Waals surface area (Å²) in [5, 5.41) is 8.63. The van der Waals surface area contributed by atoms with Gasteiger partial charge in [0.2, 0.25) is 5.91 Å². The third-order valence-electron chi connectivity index (χ3n) is 1.95. The van der Waals surface area contributed by atoms with E-state index in [9.17, 15) is 14.4 Å². The molecule has 0 saturated carbocycles. The maximum absolute atomic E-state index is 11.4. The van der Waals surface area contributed by atoms with Crippen molar-refractivity contribution in [1.29, 1.82) is 0 Å². The van der Waals surface area contributed by atoms with Crippen molar-refractivity contribution in [3.8, 4) is 0 Å². The smallest absolute Gasteiger partial charge is 0.321 e. The Morgan fingerprint density at radius 1 is 1.27 bits per heavy atom. The zero-order valence-electron chi connectivity index (χ0n) is 8.34. The van der Waals surface area contributed by atoms with Gasteiger partial charge in [0.25, 0.3) is 0 Å². The normalized spacial score (nSPS) is 16.5. The third-order valence-corrected chi connectivity index (χ3v) is 1.95. The highest BCUT2D eigenvalue weighted by atomic mass is 16.4. The molecular weight excluding hydrogens is 202 g/mol. The Labute approximate surface area is 86.6 Å². The van der Waals surface area contributed by atoms with Gasteiger partial charge < -0.3 is 22.3 Å². The summed E-state index contributed by atoms with van der Waals surface area (Å²) in [6.45, 7) is 1.39. The number of carbonyl (C=O) groups is 3. The van der Waals surface area contributed by atoms with Crippen molar-refractivity contribution in [3.63, 3.8) is 0 Å². The Kier molecular flexibility index (Phi) is 4.89. The van der Waals surface area contributed by atoms with Crippen LogP contribution in [0, 0.1) is 5.92 Å². The van der Waals surface area contributed by atoms with Crippen LogP contribution in [0.4, 0.5) is 0 Å². The lowest BCUT2D eigenvalue weighted by molar-refractivity contribution is -0.143. The average molecular weight is 217 g/mol. The zero-order chi connectivity index (χ0) is 12.2. The van der Waals surface area contributed by atoms with E-state index >= 15 is 0 Å². The molecule has 0 saturated heterocycles. The fourth-order valence-electron chi connectivity index (χ4n) is 1.13. The first-order valence-electron chi connectivity index (χ1n) is 4.33. The molecule has 0 aliphatic rings. The highest BCUT2D eigenvalue weighted by Gasteiger charge is 2.33. The Morgan fingerprint density at radius 2 is 1.73 bits per heavy atom. The van der Waals surface area contributed by atoms with Crippen LogP contribution in [-0.2, 0) is 14.4 Å². The van der Waals surface area contributed by atoms with E-state index in [-0.39, 0.29) is 0 Å². The molecule has 0 aliphatic carbocycles. The van der Waals surface area contributed by atoms with Crippen LogP contribution in [0.3, 0.4) is 0 Å². The molecule has 1 unspecified atom stereocenters. The molecule has 0 heterocycles. The van der Waals surface area contributed by atoms with E-state index in [1.165, 1.54) is 6.92 Å². The fourth-order valence-corrected chi connectivity index (χ4v) is 1.13. The van der Waals surface area contributed by atoms with E-state index in [4.69, 9.17) is 22.3 Å². The number of rotatable bonds is 6. The number of nitrogens with two attached hydrogens (primary N) is 3. The fraction of sp³-hybridized carbons (Fsp3) is 0.625. The number of ketones is 1. The second kappa shape index (κ2) is 5.42. The van der Waals surface area contributed by atoms with E-state index < -0.39 is 42.1 Å². The number of carboxylic acids is 1. The molecule has 3 atom stereocenters. The van der Waals surface area contributed by atoms with Crippen molar-refractivity contribution >= 4 is 17.7 Å². The van der Waals surface area contributed by atoms with Gasteiger partial charge in [-0.05, 0) is 6.92 Å². The predicted octanol–water partition coefficient (Wildman–Crippen LogP) is -2.19. The lowest BCUT2D eigenvalue weighted by Gasteiger charge is -2.19. The Morgan fingerprint density at radius 3 is 2.00 bits per heavy atom. The maximum atomic E-state index is 11.4. The summed E-state index contributed by atoms with van der Waals surface area (Å²) in [7, 11) is 0. The SMILES string of the molecule is C[C@H](N)C(=O)C(CC(N)=O)[C@H](N)C(=O)O. The molecule has 7 N–H and O–H groups in total. The van der Waals surface area contributed by atoms with Gasteiger partial charge in [-0.3, -0.25) is 14.4 Å². The highest BCUT2D eigenvalue weighted by molar-refractivity contribution is 5.94. The topological polar surface area (TPSA) is 150 Å². The summed E-state index contributed by atoms with van der Waals surface area (Å²) in [4.78, 5) is 32.7. The molecule has 0 rings (SSSR count). The minimum absolute atomic E-state index is 0.409. The number of hydrogen-bond donors (Lipinski definition) is 4. The largest absolute Gasteiger partial charge is 0.480 e. The first kappa shape index (κ1) is 13.5. The summed E-state index contributed by atoms with van der Waals surface area (Å²) in [5.74, 6) is -3.90. The van der Waals surface area contributed by atoms with Crippen molar-refractivity contribution in [3.05, 3.63) is 0 Å². The van der Waals surface area contributed by atoms with E-state index in [0.717, 1.165) is 0 Å². The molecule has 7 heteroatoms. The van der Waals surface area contributed by atoms with Crippen LogP contribution >= 0.6 is 0 Å². The summed E-state index contributed by atoms with van der Waals surface area (Å²) >= 11 is 0. The number of amides is 1. The van der Waals surface area contributed by atoms with Crippen LogP contribution in [-0.4, -0.2) is 34.8 Å². The summed E-state index contributed by atoms with van der Waals surface area (Å²) in [5.41, 5.74) is 15.5. The average Bonchev–Trinajstić information content (AvgIpc) is 2.11. The van der Waals surface area contributed by atoms with E-state index in [1.54, 1.807) is 0 Å². The van der Waals surface area contributed by atoms with Gasteiger partial charge >= 0.3 is 5.97 Å². The molecule has 1 amide bonds. The van der Waals surface area contributed by atoms with Crippen molar-refractivity contribution in [2.45, 2.75) is 25.4 Å². The van der Waals surface area contributed by atoms with Crippen LogP contribution in [0.1, 0.15) is 13.3 Å². The minimum atomic E-state index is -1.46. The van der Waals surface area contributed by atoms with Crippen LogP contribution in [0.25, 0.3) is 0 Å². The van der Waals surface area contributed by atoms with Gasteiger partial charge in [0.05, 0.1) is 12.0 Å². The monoisotopic (exact) mass is 217 g/mol. The van der Waals surface area contributed by atoms with Gasteiger partial charge in [0.15, 0.2) is 5.78 Å². The number of primary amides is 1. The Hall–Kier alpha value is -1.47. The molecule has 0 radical (unpaired) electrons. The van der Waals surface area contributed by atoms with E-state index in [1.807, 2.05) is 0 Å². The number of Topliss-reactive ketones (excluding diaryl/α,β-unsaturated/α-hetero) is 1. The molecule has 0 aromatic heterocycles. The second-order valence-corrected chi connectivity index (χ2v) is 3.33. The molecule has 7 nitrogen and oxygen atoms in total. The van der Waals surface area contributed by atoms with Gasteiger partial charge in [-0.2, -0.15) is 0 Å². The van der Waals surface area contributed by atoms with Crippen LogP contribution in [0.5, 0.6) is 0 Å². The Bertz CT molecular complexity index is 277. The molecule has 0 fully saturated rings. The van der Waals surface area contributed by atoms with Gasteiger partial charge in [-0.25, -0.2) is 0 Å². The highest BCUT2D eigenvalue weighted by Crippen LogP contribution is 2.11. The first-order valence-corrected chi connectivity index (χ1v) is 4.33. The summed E-state index contributed by atoms with van der Waals surface area (Å²) in [6, 6.07) is -2.34. The van der Waals surface area contributed by atoms with Gasteiger partial charge in [0, 0.05) is 6.42 Å². The zero-order valence-corrected chi connectivity index (χ0v) is 8.34. The summed E-state index contributed by atoms with van der Waals surface area (Å²) in [6.07, 6.45) is -0.409. The minimum Gasteiger partial charge on any atom is -0.480 e. The van der Waals surface area contributed by atoms with Crippen molar-refractivity contribution < 1.29 is 19.5 Å². The first-order chi connectivity index (χ1) is 6.77. The van der Waals surface area contributed by atoms with Gasteiger partial charge in [-0.1, -0.05) is 0 Å². The second-order valence-electron chi connectivity index (χ2n) is 3.33. The Balaban J connectivity index is 4.80. The number of aliphatic carboxylic acids is 1. The van der Waals surface area contributed by atoms with E-state index in [2.05, 4.69) is 0 Å². The lowest BCUT2D eigenvalue weighted by Crippen LogP contribution is -2.48. The van der Waals surface area contributed by atoms with Crippen LogP contribution < -0.4 is 17.2 Å². The van der Waals surface area contributed by atoms with Crippen LogP contribution in [0.15, 0.2) is 0 Å². The quantitative estimate of drug-likeness (QED) is 0.396. The van der Waals surface area contributed by atoms with Crippen molar-refractivity contribution in [1.82, 2.24) is 0 Å². The van der Waals surface area contributed by atoms with Crippen LogP contribution in [0.2, 0.25) is 0 Å². The molecule has 0 aliphatic heterocycles. The molecule has 0 aromatic rings. The molecule has 86 valence electrons. The van der Waals surface area contributed by atoms with E-state index in [0.29, 0.717) is 0 Å². The van der Waals surface area contributed by atoms with Gasteiger partial charge in [-0.15, -0.1) is 0 Å². The lowest BCUT2D eigenvalue weighted by atomic mass is 9.89.